The molecule has 0 bridgehead atoms. The van der Waals surface area contributed by atoms with Gasteiger partial charge >= 0.3 is 0 Å². The maximum atomic E-state index is 14.3. The fourth-order valence-electron chi connectivity index (χ4n) is 4.16. The van der Waals surface area contributed by atoms with Crippen LogP contribution in [-0.2, 0) is 13.1 Å². The molecule has 0 saturated heterocycles. The number of amides is 1. The second-order valence-electron chi connectivity index (χ2n) is 7.80. The van der Waals surface area contributed by atoms with Crippen molar-refractivity contribution in [3.05, 3.63) is 99.7 Å². The van der Waals surface area contributed by atoms with Crippen molar-refractivity contribution >= 4 is 17.5 Å². The van der Waals surface area contributed by atoms with Crippen molar-refractivity contribution in [2.24, 2.45) is 0 Å². The molecule has 2 aromatic heterocycles. The van der Waals surface area contributed by atoms with E-state index in [1.54, 1.807) is 4.90 Å². The zero-order valence-corrected chi connectivity index (χ0v) is 17.9. The van der Waals surface area contributed by atoms with Gasteiger partial charge in [-0.25, -0.2) is 9.07 Å². The Morgan fingerprint density at radius 2 is 1.84 bits per heavy atom. The first kappa shape index (κ1) is 19.6. The average Bonchev–Trinajstić information content (AvgIpc) is 3.43. The molecule has 0 fully saturated rings. The molecule has 3 heterocycles. The highest BCUT2D eigenvalue weighted by atomic mass is 35.5. The third kappa shape index (κ3) is 3.24. The fourth-order valence-corrected chi connectivity index (χ4v) is 4.40. The van der Waals surface area contributed by atoms with E-state index in [1.165, 1.54) is 23.8 Å². The summed E-state index contributed by atoms with van der Waals surface area (Å²) < 4.78 is 18.2. The fraction of sp³-hybridized carbons (Fsp3) is 0.167. The van der Waals surface area contributed by atoms with Gasteiger partial charge in [0.2, 0.25) is 0 Å². The van der Waals surface area contributed by atoms with Crippen LogP contribution in [0.3, 0.4) is 0 Å². The number of rotatable bonds is 3. The van der Waals surface area contributed by atoms with Gasteiger partial charge in [-0.15, -0.1) is 0 Å². The lowest BCUT2D eigenvalue weighted by molar-refractivity contribution is 0.0744. The molecule has 0 N–H and O–H groups in total. The van der Waals surface area contributed by atoms with Crippen LogP contribution in [-0.4, -0.2) is 25.2 Å². The van der Waals surface area contributed by atoms with E-state index in [4.69, 9.17) is 16.7 Å². The van der Waals surface area contributed by atoms with Gasteiger partial charge in [-0.1, -0.05) is 35.4 Å². The van der Waals surface area contributed by atoms with Gasteiger partial charge in [-0.2, -0.15) is 5.10 Å². The molecule has 4 aromatic rings. The lowest BCUT2D eigenvalue weighted by Gasteiger charge is -2.19. The molecular weight excluding hydrogens is 415 g/mol. The van der Waals surface area contributed by atoms with Gasteiger partial charge in [-0.3, -0.25) is 4.79 Å². The Morgan fingerprint density at radius 3 is 2.55 bits per heavy atom. The molecule has 1 aliphatic heterocycles. The van der Waals surface area contributed by atoms with Crippen molar-refractivity contribution < 1.29 is 9.18 Å². The molecule has 5 nitrogen and oxygen atoms in total. The maximum absolute atomic E-state index is 14.3. The molecule has 0 saturated carbocycles. The molecule has 156 valence electrons. The molecule has 0 aliphatic carbocycles. The Morgan fingerprint density at radius 1 is 1.06 bits per heavy atom. The topological polar surface area (TPSA) is 43.1 Å². The Labute approximate surface area is 184 Å². The minimum Gasteiger partial charge on any atom is -0.328 e. The van der Waals surface area contributed by atoms with Crippen molar-refractivity contribution in [3.63, 3.8) is 0 Å². The number of aromatic nitrogens is 3. The predicted octanol–water partition coefficient (Wildman–Crippen LogP) is 5.23. The van der Waals surface area contributed by atoms with E-state index in [0.29, 0.717) is 13.1 Å². The SMILES string of the molecule is Cc1ccc(-n2nc3c(c2-n2cccc2)CN(C(=O)c2c(F)cccc2Cl)C3)c(C)c1. The van der Waals surface area contributed by atoms with Crippen molar-refractivity contribution in [1.82, 2.24) is 19.2 Å². The van der Waals surface area contributed by atoms with Crippen molar-refractivity contribution in [1.29, 1.82) is 0 Å². The maximum Gasteiger partial charge on any atom is 0.259 e. The number of fused-ring (bicyclic) bond motifs is 1. The number of benzene rings is 2. The molecule has 31 heavy (non-hydrogen) atoms. The Bertz CT molecular complexity index is 1290. The van der Waals surface area contributed by atoms with Crippen LogP contribution in [0.4, 0.5) is 4.39 Å². The minimum absolute atomic E-state index is 0.0981. The van der Waals surface area contributed by atoms with Crippen LogP contribution >= 0.6 is 11.6 Å². The third-order valence-electron chi connectivity index (χ3n) is 5.62. The van der Waals surface area contributed by atoms with Gasteiger partial charge in [0.1, 0.15) is 11.6 Å². The summed E-state index contributed by atoms with van der Waals surface area (Å²) in [5, 5.41) is 4.97. The summed E-state index contributed by atoms with van der Waals surface area (Å²) in [5.74, 6) is -0.174. The summed E-state index contributed by atoms with van der Waals surface area (Å²) in [4.78, 5) is 14.6. The number of carbonyl (C=O) groups is 1. The summed E-state index contributed by atoms with van der Waals surface area (Å²) >= 11 is 6.12. The summed E-state index contributed by atoms with van der Waals surface area (Å²) in [6.07, 6.45) is 3.91. The van der Waals surface area contributed by atoms with Crippen molar-refractivity contribution in [2.45, 2.75) is 26.9 Å². The van der Waals surface area contributed by atoms with Crippen LogP contribution in [0.15, 0.2) is 60.9 Å². The molecule has 2 aromatic carbocycles. The highest BCUT2D eigenvalue weighted by molar-refractivity contribution is 6.33. The monoisotopic (exact) mass is 434 g/mol. The molecule has 7 heteroatoms. The van der Waals surface area contributed by atoms with Crippen LogP contribution in [0.2, 0.25) is 5.02 Å². The van der Waals surface area contributed by atoms with Gasteiger partial charge in [-0.05, 0) is 49.7 Å². The van der Waals surface area contributed by atoms with Gasteiger partial charge in [0, 0.05) is 18.0 Å². The van der Waals surface area contributed by atoms with E-state index in [1.807, 2.05) is 33.8 Å². The summed E-state index contributed by atoms with van der Waals surface area (Å²) in [5.41, 5.74) is 4.92. The molecule has 0 radical (unpaired) electrons. The Hall–Kier alpha value is -3.38. The van der Waals surface area contributed by atoms with Gasteiger partial charge in [0.05, 0.1) is 35.1 Å². The Kier molecular flexibility index (Phi) is 4.67. The van der Waals surface area contributed by atoms with E-state index in [9.17, 15) is 9.18 Å². The number of nitrogens with zero attached hydrogens (tertiary/aromatic N) is 4. The largest absolute Gasteiger partial charge is 0.328 e. The van der Waals surface area contributed by atoms with Crippen molar-refractivity contribution in [2.75, 3.05) is 0 Å². The standard InChI is InChI=1S/C24H20ClFN4O/c1-15-8-9-21(16(2)12-15)30-23(28-10-3-4-11-28)17-13-29(14-20(17)27-30)24(31)22-18(25)6-5-7-19(22)26/h3-12H,13-14H2,1-2H3. The summed E-state index contributed by atoms with van der Waals surface area (Å²) in [6, 6.07) is 14.4. The lowest BCUT2D eigenvalue weighted by atomic mass is 10.1. The first-order valence-electron chi connectivity index (χ1n) is 9.99. The smallest absolute Gasteiger partial charge is 0.259 e. The zero-order chi connectivity index (χ0) is 21.7. The summed E-state index contributed by atoms with van der Waals surface area (Å²) in [7, 11) is 0. The highest BCUT2D eigenvalue weighted by Gasteiger charge is 2.33. The number of hydrogen-bond acceptors (Lipinski definition) is 2. The predicted molar refractivity (Wildman–Crippen MR) is 117 cm³/mol. The zero-order valence-electron chi connectivity index (χ0n) is 17.1. The lowest BCUT2D eigenvalue weighted by Crippen LogP contribution is -2.27. The van der Waals surface area contributed by atoms with E-state index in [-0.39, 0.29) is 10.6 Å². The van der Waals surface area contributed by atoms with Crippen LogP contribution in [0.5, 0.6) is 0 Å². The normalized spacial score (nSPS) is 13.0. The van der Waals surface area contributed by atoms with Crippen LogP contribution in [0, 0.1) is 19.7 Å². The number of hydrogen-bond donors (Lipinski definition) is 0. The first-order chi connectivity index (χ1) is 14.9. The number of aryl methyl sites for hydroxylation is 2. The molecule has 5 rings (SSSR count). The van der Waals surface area contributed by atoms with E-state index in [2.05, 4.69) is 32.0 Å². The van der Waals surface area contributed by atoms with E-state index < -0.39 is 11.7 Å². The van der Waals surface area contributed by atoms with Gasteiger partial charge < -0.3 is 9.47 Å². The molecule has 0 atom stereocenters. The molecule has 1 amide bonds. The first-order valence-corrected chi connectivity index (χ1v) is 10.4. The van der Waals surface area contributed by atoms with Crippen LogP contribution in [0.1, 0.15) is 32.7 Å². The van der Waals surface area contributed by atoms with Crippen LogP contribution < -0.4 is 0 Å². The highest BCUT2D eigenvalue weighted by Crippen LogP contribution is 2.33. The van der Waals surface area contributed by atoms with Gasteiger partial charge in [0.25, 0.3) is 5.91 Å². The van der Waals surface area contributed by atoms with E-state index >= 15 is 0 Å². The average molecular weight is 435 g/mol. The second kappa shape index (κ2) is 7.39. The quantitative estimate of drug-likeness (QED) is 0.443. The van der Waals surface area contributed by atoms with E-state index in [0.717, 1.165) is 28.3 Å². The third-order valence-corrected chi connectivity index (χ3v) is 5.94. The number of carbonyl (C=O) groups excluding carboxylic acids is 1. The number of halogens is 2. The molecular formula is C24H20ClFN4O. The minimum atomic E-state index is -0.618. The molecule has 0 unspecified atom stereocenters. The molecule has 1 aliphatic rings. The van der Waals surface area contributed by atoms with Crippen molar-refractivity contribution in [3.8, 4) is 11.5 Å². The Balaban J connectivity index is 1.58. The van der Waals surface area contributed by atoms with Crippen LogP contribution in [0.25, 0.3) is 11.5 Å². The van der Waals surface area contributed by atoms with Gasteiger partial charge in [0.15, 0.2) is 0 Å². The second-order valence-corrected chi connectivity index (χ2v) is 8.21. The molecule has 0 spiro atoms. The summed E-state index contributed by atoms with van der Waals surface area (Å²) in [6.45, 7) is 4.75.